The van der Waals surface area contributed by atoms with Crippen LogP contribution in [0.15, 0.2) is 131 Å². The first kappa shape index (κ1) is 31.2. The van der Waals surface area contributed by atoms with Gasteiger partial charge in [0.25, 0.3) is 11.8 Å². The molecule has 3 N–H and O–H groups in total. The number of anilines is 2. The third kappa shape index (κ3) is 9.40. The van der Waals surface area contributed by atoms with E-state index in [0.29, 0.717) is 34.3 Å². The van der Waals surface area contributed by atoms with Gasteiger partial charge in [0.05, 0.1) is 5.25 Å². The van der Waals surface area contributed by atoms with E-state index in [-0.39, 0.29) is 11.6 Å². The molecule has 3 amide bonds. The minimum Gasteiger partial charge on any atom is -0.489 e. The van der Waals surface area contributed by atoms with E-state index in [9.17, 15) is 14.4 Å². The molecule has 0 aliphatic carbocycles. The average molecular weight is 635 g/mol. The van der Waals surface area contributed by atoms with Gasteiger partial charge in [0, 0.05) is 27.7 Å². The van der Waals surface area contributed by atoms with Gasteiger partial charge < -0.3 is 20.7 Å². The standard InChI is InChI=1S/C35H30N4O4S2/c1-24(32(40)39-35-36-19-20-44-35)45-30-14-8-13-28(22-30)37-34(42)31(38-33(41)27-11-6-3-7-12-27)21-25-15-17-29(18-16-25)43-23-26-9-4-2-5-10-26/h2-22,24H,23H2,1H3,(H,37,42)(H,38,41)(H,36,39,40)/b31-21-. The molecule has 0 fully saturated rings. The molecule has 0 saturated heterocycles. The van der Waals surface area contributed by atoms with Crippen molar-refractivity contribution in [3.8, 4) is 5.75 Å². The molecule has 0 spiro atoms. The number of amides is 3. The van der Waals surface area contributed by atoms with E-state index in [0.717, 1.165) is 10.5 Å². The molecule has 1 atom stereocenters. The summed E-state index contributed by atoms with van der Waals surface area (Å²) in [5.41, 5.74) is 2.76. The number of hydrogen-bond acceptors (Lipinski definition) is 7. The summed E-state index contributed by atoms with van der Waals surface area (Å²) in [4.78, 5) is 44.0. The van der Waals surface area contributed by atoms with Gasteiger partial charge in [0.2, 0.25) is 5.91 Å². The van der Waals surface area contributed by atoms with Crippen LogP contribution in [0.1, 0.15) is 28.4 Å². The van der Waals surface area contributed by atoms with Crippen LogP contribution in [0.3, 0.4) is 0 Å². The summed E-state index contributed by atoms with van der Waals surface area (Å²) in [5, 5.41) is 10.4. The normalized spacial score (nSPS) is 11.7. The van der Waals surface area contributed by atoms with Crippen LogP contribution >= 0.6 is 23.1 Å². The molecular weight excluding hydrogens is 605 g/mol. The van der Waals surface area contributed by atoms with Crippen LogP contribution < -0.4 is 20.7 Å². The number of hydrogen-bond donors (Lipinski definition) is 3. The van der Waals surface area contributed by atoms with Gasteiger partial charge in [-0.2, -0.15) is 0 Å². The molecule has 4 aromatic carbocycles. The van der Waals surface area contributed by atoms with Crippen molar-refractivity contribution in [1.82, 2.24) is 10.3 Å². The summed E-state index contributed by atoms with van der Waals surface area (Å²) in [6, 6.07) is 33.0. The van der Waals surface area contributed by atoms with Crippen molar-refractivity contribution < 1.29 is 19.1 Å². The Morgan fingerprint density at radius 2 is 1.62 bits per heavy atom. The number of rotatable bonds is 12. The fraction of sp³-hybridized carbons (Fsp3) is 0.0857. The molecule has 1 unspecified atom stereocenters. The summed E-state index contributed by atoms with van der Waals surface area (Å²) >= 11 is 2.71. The number of carbonyl (C=O) groups excluding carboxylic acids is 3. The zero-order chi connectivity index (χ0) is 31.4. The molecule has 226 valence electrons. The highest BCUT2D eigenvalue weighted by Gasteiger charge is 2.18. The molecule has 1 aromatic heterocycles. The minimum atomic E-state index is -0.500. The first-order valence-electron chi connectivity index (χ1n) is 14.1. The van der Waals surface area contributed by atoms with Crippen LogP contribution in [0.2, 0.25) is 0 Å². The monoisotopic (exact) mass is 634 g/mol. The smallest absolute Gasteiger partial charge is 0.272 e. The van der Waals surface area contributed by atoms with Gasteiger partial charge >= 0.3 is 0 Å². The van der Waals surface area contributed by atoms with E-state index >= 15 is 0 Å². The van der Waals surface area contributed by atoms with Gasteiger partial charge in [-0.25, -0.2) is 4.98 Å². The summed E-state index contributed by atoms with van der Waals surface area (Å²) in [6.45, 7) is 2.24. The van der Waals surface area contributed by atoms with Crippen molar-refractivity contribution in [1.29, 1.82) is 0 Å². The summed E-state index contributed by atoms with van der Waals surface area (Å²) in [6.07, 6.45) is 3.24. The largest absolute Gasteiger partial charge is 0.489 e. The summed E-state index contributed by atoms with van der Waals surface area (Å²) < 4.78 is 5.88. The van der Waals surface area contributed by atoms with Gasteiger partial charge in [-0.1, -0.05) is 66.7 Å². The van der Waals surface area contributed by atoms with Crippen LogP contribution in [0, 0.1) is 0 Å². The fourth-order valence-electron chi connectivity index (χ4n) is 4.11. The maximum atomic E-state index is 13.5. The Bertz CT molecular complexity index is 1760. The molecule has 5 rings (SSSR count). The molecule has 45 heavy (non-hydrogen) atoms. The van der Waals surface area contributed by atoms with Crippen LogP contribution in [-0.2, 0) is 16.2 Å². The number of thioether (sulfide) groups is 1. The van der Waals surface area contributed by atoms with Crippen molar-refractivity contribution in [2.75, 3.05) is 10.6 Å². The average Bonchev–Trinajstić information content (AvgIpc) is 3.58. The number of aromatic nitrogens is 1. The van der Waals surface area contributed by atoms with E-state index in [1.165, 1.54) is 23.1 Å². The van der Waals surface area contributed by atoms with Crippen molar-refractivity contribution in [2.24, 2.45) is 0 Å². The van der Waals surface area contributed by atoms with Crippen molar-refractivity contribution >= 4 is 57.7 Å². The van der Waals surface area contributed by atoms with Crippen LogP contribution in [0.4, 0.5) is 10.8 Å². The number of nitrogens with one attached hydrogen (secondary N) is 3. The summed E-state index contributed by atoms with van der Waals surface area (Å²) in [7, 11) is 0. The molecule has 0 bridgehead atoms. The molecule has 8 nitrogen and oxygen atoms in total. The Balaban J connectivity index is 1.29. The highest BCUT2D eigenvalue weighted by atomic mass is 32.2. The molecular formula is C35H30N4O4S2. The minimum absolute atomic E-state index is 0.0658. The lowest BCUT2D eigenvalue weighted by Gasteiger charge is -2.14. The van der Waals surface area contributed by atoms with Gasteiger partial charge in [-0.05, 0) is 66.6 Å². The predicted molar refractivity (Wildman–Crippen MR) is 180 cm³/mol. The van der Waals surface area contributed by atoms with Crippen molar-refractivity contribution in [3.63, 3.8) is 0 Å². The van der Waals surface area contributed by atoms with E-state index < -0.39 is 17.1 Å². The van der Waals surface area contributed by atoms with Crippen LogP contribution in [-0.4, -0.2) is 28.0 Å². The predicted octanol–water partition coefficient (Wildman–Crippen LogP) is 7.25. The van der Waals surface area contributed by atoms with Gasteiger partial charge in [-0.3, -0.25) is 14.4 Å². The number of thiazole rings is 1. The maximum absolute atomic E-state index is 13.5. The number of benzene rings is 4. The SMILES string of the molecule is CC(Sc1cccc(NC(=O)/C(=C/c2ccc(OCc3ccccc3)cc2)NC(=O)c2ccccc2)c1)C(=O)Nc1nccs1. The Morgan fingerprint density at radius 1 is 0.889 bits per heavy atom. The van der Waals surface area contributed by atoms with Gasteiger partial charge in [0.15, 0.2) is 5.13 Å². The van der Waals surface area contributed by atoms with E-state index in [1.807, 2.05) is 66.7 Å². The molecule has 10 heteroatoms. The maximum Gasteiger partial charge on any atom is 0.272 e. The first-order chi connectivity index (χ1) is 21.9. The lowest BCUT2D eigenvalue weighted by Crippen LogP contribution is -2.30. The first-order valence-corrected chi connectivity index (χ1v) is 15.8. The quantitative estimate of drug-likeness (QED) is 0.0986. The number of carbonyl (C=O) groups is 3. The molecule has 0 radical (unpaired) electrons. The Labute approximate surface area is 269 Å². The number of ether oxygens (including phenoxy) is 1. The topological polar surface area (TPSA) is 109 Å². The Morgan fingerprint density at radius 3 is 2.33 bits per heavy atom. The zero-order valence-electron chi connectivity index (χ0n) is 24.3. The second-order valence-corrected chi connectivity index (χ2v) is 12.1. The van der Waals surface area contributed by atoms with E-state index in [2.05, 4.69) is 20.9 Å². The lowest BCUT2D eigenvalue weighted by molar-refractivity contribution is -0.115. The zero-order valence-corrected chi connectivity index (χ0v) is 25.9. The Kier molecular flexibility index (Phi) is 10.8. The van der Waals surface area contributed by atoms with E-state index in [4.69, 9.17) is 4.74 Å². The fourth-order valence-corrected chi connectivity index (χ4v) is 5.56. The van der Waals surface area contributed by atoms with Crippen molar-refractivity contribution in [2.45, 2.75) is 23.7 Å². The van der Waals surface area contributed by atoms with Crippen LogP contribution in [0.5, 0.6) is 5.75 Å². The third-order valence-electron chi connectivity index (χ3n) is 6.40. The van der Waals surface area contributed by atoms with E-state index in [1.54, 1.807) is 67.0 Å². The second kappa shape index (κ2) is 15.5. The lowest BCUT2D eigenvalue weighted by atomic mass is 10.1. The summed E-state index contributed by atoms with van der Waals surface area (Å²) in [5.74, 6) is -0.404. The van der Waals surface area contributed by atoms with Crippen molar-refractivity contribution in [3.05, 3.63) is 143 Å². The highest BCUT2D eigenvalue weighted by Crippen LogP contribution is 2.27. The molecule has 1 heterocycles. The van der Waals surface area contributed by atoms with Crippen LogP contribution in [0.25, 0.3) is 6.08 Å². The molecule has 0 aliphatic rings. The molecule has 0 aliphatic heterocycles. The third-order valence-corrected chi connectivity index (χ3v) is 8.19. The van der Waals surface area contributed by atoms with Gasteiger partial charge in [0.1, 0.15) is 18.1 Å². The Hall–Kier alpha value is -5.19. The van der Waals surface area contributed by atoms with Gasteiger partial charge in [-0.15, -0.1) is 23.1 Å². The number of nitrogens with zero attached hydrogens (tertiary/aromatic N) is 1. The molecule has 5 aromatic rings. The second-order valence-electron chi connectivity index (χ2n) is 9.79. The highest BCUT2D eigenvalue weighted by molar-refractivity contribution is 8.00. The molecule has 0 saturated carbocycles.